The van der Waals surface area contributed by atoms with Crippen LogP contribution >= 0.6 is 0 Å². The Hall–Kier alpha value is -1.91. The lowest BCUT2D eigenvalue weighted by Gasteiger charge is -2.16. The number of carbonyl (C=O) groups is 2. The Bertz CT molecular complexity index is 379. The van der Waals surface area contributed by atoms with Crippen molar-refractivity contribution in [2.45, 2.75) is 13.3 Å². The minimum absolute atomic E-state index is 0.151. The van der Waals surface area contributed by atoms with E-state index in [0.29, 0.717) is 18.7 Å². The first-order valence-electron chi connectivity index (χ1n) is 5.46. The summed E-state index contributed by atoms with van der Waals surface area (Å²) >= 11 is 0. The van der Waals surface area contributed by atoms with E-state index in [2.05, 4.69) is 4.98 Å². The van der Waals surface area contributed by atoms with Crippen molar-refractivity contribution in [3.63, 3.8) is 0 Å². The Labute approximate surface area is 100 Å². The van der Waals surface area contributed by atoms with E-state index in [9.17, 15) is 9.59 Å². The smallest absolute Gasteiger partial charge is 0.307 e. The van der Waals surface area contributed by atoms with Gasteiger partial charge < -0.3 is 9.64 Å². The summed E-state index contributed by atoms with van der Waals surface area (Å²) in [6.07, 6.45) is 3.31. The van der Waals surface area contributed by atoms with Gasteiger partial charge in [0.2, 0.25) is 0 Å². The number of ether oxygens (including phenoxy) is 1. The molecule has 0 N–H and O–H groups in total. The number of aromatic nitrogens is 1. The highest BCUT2D eigenvalue weighted by atomic mass is 16.5. The van der Waals surface area contributed by atoms with Gasteiger partial charge in [-0.2, -0.15) is 0 Å². The Morgan fingerprint density at radius 3 is 2.82 bits per heavy atom. The third kappa shape index (κ3) is 4.22. The molecule has 17 heavy (non-hydrogen) atoms. The molecule has 0 aliphatic rings. The van der Waals surface area contributed by atoms with Gasteiger partial charge in [0.25, 0.3) is 5.91 Å². The first-order valence-corrected chi connectivity index (χ1v) is 5.46. The predicted molar refractivity (Wildman–Crippen MR) is 62.4 cm³/mol. The van der Waals surface area contributed by atoms with Crippen LogP contribution in [-0.2, 0) is 9.53 Å². The van der Waals surface area contributed by atoms with Crippen LogP contribution < -0.4 is 0 Å². The lowest BCUT2D eigenvalue weighted by atomic mass is 10.2. The summed E-state index contributed by atoms with van der Waals surface area (Å²) in [5.41, 5.74) is 0.513. The molecule has 5 heteroatoms. The van der Waals surface area contributed by atoms with E-state index in [1.54, 1.807) is 32.3 Å². The van der Waals surface area contributed by atoms with Crippen LogP contribution in [0.25, 0.3) is 0 Å². The molecule has 0 bridgehead atoms. The van der Waals surface area contributed by atoms with Gasteiger partial charge >= 0.3 is 5.97 Å². The molecule has 0 atom stereocenters. The minimum Gasteiger partial charge on any atom is -0.466 e. The van der Waals surface area contributed by atoms with Gasteiger partial charge in [-0.25, -0.2) is 0 Å². The Morgan fingerprint density at radius 2 is 2.24 bits per heavy atom. The van der Waals surface area contributed by atoms with E-state index >= 15 is 0 Å². The van der Waals surface area contributed by atoms with Crippen LogP contribution in [0.15, 0.2) is 24.5 Å². The zero-order chi connectivity index (χ0) is 12.7. The van der Waals surface area contributed by atoms with Gasteiger partial charge in [-0.05, 0) is 19.1 Å². The van der Waals surface area contributed by atoms with Gasteiger partial charge in [0, 0.05) is 26.0 Å². The first kappa shape index (κ1) is 13.2. The highest BCUT2D eigenvalue weighted by Gasteiger charge is 2.13. The van der Waals surface area contributed by atoms with Gasteiger partial charge in [0.05, 0.1) is 18.6 Å². The maximum atomic E-state index is 11.8. The second kappa shape index (κ2) is 6.62. The van der Waals surface area contributed by atoms with Crippen molar-refractivity contribution in [3.05, 3.63) is 30.1 Å². The maximum Gasteiger partial charge on any atom is 0.307 e. The molecule has 0 aliphatic carbocycles. The highest BCUT2D eigenvalue weighted by molar-refractivity contribution is 5.93. The predicted octanol–water partition coefficient (Wildman–Crippen LogP) is 1.11. The number of amides is 1. The highest BCUT2D eigenvalue weighted by Crippen LogP contribution is 2.02. The molecule has 0 saturated heterocycles. The SMILES string of the molecule is CCOC(=O)CCN(C)C(=O)c1cccnc1. The van der Waals surface area contributed by atoms with Crippen molar-refractivity contribution in [1.29, 1.82) is 0 Å². The van der Waals surface area contributed by atoms with Crippen LogP contribution in [0.5, 0.6) is 0 Å². The Balaban J connectivity index is 2.45. The average molecular weight is 236 g/mol. The van der Waals surface area contributed by atoms with Crippen LogP contribution in [0.3, 0.4) is 0 Å². The lowest BCUT2D eigenvalue weighted by Crippen LogP contribution is -2.29. The third-order valence-electron chi connectivity index (χ3n) is 2.21. The molecule has 1 aromatic heterocycles. The number of esters is 1. The molecule has 0 fully saturated rings. The molecule has 0 saturated carbocycles. The molecule has 1 amide bonds. The molecule has 0 aromatic carbocycles. The van der Waals surface area contributed by atoms with Crippen molar-refractivity contribution >= 4 is 11.9 Å². The van der Waals surface area contributed by atoms with Crippen LogP contribution in [0, 0.1) is 0 Å². The summed E-state index contributed by atoms with van der Waals surface area (Å²) in [5.74, 6) is -0.444. The molecule has 0 spiro atoms. The average Bonchev–Trinajstić information content (AvgIpc) is 2.36. The van der Waals surface area contributed by atoms with Crippen molar-refractivity contribution in [3.8, 4) is 0 Å². The molecule has 0 unspecified atom stereocenters. The number of nitrogens with zero attached hydrogens (tertiary/aromatic N) is 2. The number of hydrogen-bond acceptors (Lipinski definition) is 4. The first-order chi connectivity index (χ1) is 8.15. The molecule has 1 rings (SSSR count). The van der Waals surface area contributed by atoms with Gasteiger partial charge in [0.15, 0.2) is 0 Å². The van der Waals surface area contributed by atoms with E-state index in [4.69, 9.17) is 4.74 Å². The zero-order valence-electron chi connectivity index (χ0n) is 10.0. The summed E-state index contributed by atoms with van der Waals surface area (Å²) in [6.45, 7) is 2.45. The van der Waals surface area contributed by atoms with E-state index in [1.807, 2.05) is 0 Å². The van der Waals surface area contributed by atoms with Crippen LogP contribution in [-0.4, -0.2) is 42.0 Å². The molecular formula is C12H16N2O3. The number of carbonyl (C=O) groups excluding carboxylic acids is 2. The molecule has 1 heterocycles. The van der Waals surface area contributed by atoms with Crippen molar-refractivity contribution in [2.75, 3.05) is 20.2 Å². The molecule has 0 radical (unpaired) electrons. The standard InChI is InChI=1S/C12H16N2O3/c1-3-17-11(15)6-8-14(2)12(16)10-5-4-7-13-9-10/h4-5,7,9H,3,6,8H2,1-2H3. The monoisotopic (exact) mass is 236 g/mol. The van der Waals surface area contributed by atoms with Crippen LogP contribution in [0.2, 0.25) is 0 Å². The Kier molecular flexibility index (Phi) is 5.13. The van der Waals surface area contributed by atoms with Crippen LogP contribution in [0.4, 0.5) is 0 Å². The van der Waals surface area contributed by atoms with E-state index < -0.39 is 0 Å². The van der Waals surface area contributed by atoms with E-state index in [1.165, 1.54) is 11.1 Å². The molecular weight excluding hydrogens is 220 g/mol. The largest absolute Gasteiger partial charge is 0.466 e. The summed E-state index contributed by atoms with van der Waals surface area (Å²) in [6, 6.07) is 3.39. The van der Waals surface area contributed by atoms with Gasteiger partial charge in [0.1, 0.15) is 0 Å². The minimum atomic E-state index is -0.293. The molecule has 5 nitrogen and oxygen atoms in total. The van der Waals surface area contributed by atoms with Gasteiger partial charge in [-0.3, -0.25) is 14.6 Å². The second-order valence-corrected chi connectivity index (χ2v) is 3.52. The summed E-state index contributed by atoms with van der Waals surface area (Å²) in [7, 11) is 1.65. The molecule has 1 aromatic rings. The number of hydrogen-bond donors (Lipinski definition) is 0. The Morgan fingerprint density at radius 1 is 1.47 bits per heavy atom. The molecule has 92 valence electrons. The third-order valence-corrected chi connectivity index (χ3v) is 2.21. The number of rotatable bonds is 5. The van der Waals surface area contributed by atoms with Crippen LogP contribution in [0.1, 0.15) is 23.7 Å². The fraction of sp³-hybridized carbons (Fsp3) is 0.417. The van der Waals surface area contributed by atoms with Crippen molar-refractivity contribution in [1.82, 2.24) is 9.88 Å². The van der Waals surface area contributed by atoms with Crippen molar-refractivity contribution in [2.24, 2.45) is 0 Å². The maximum absolute atomic E-state index is 11.8. The quantitative estimate of drug-likeness (QED) is 0.718. The van der Waals surface area contributed by atoms with Crippen molar-refractivity contribution < 1.29 is 14.3 Å². The zero-order valence-corrected chi connectivity index (χ0v) is 10.0. The summed E-state index contributed by atoms with van der Waals surface area (Å²) in [5, 5.41) is 0. The van der Waals surface area contributed by atoms with Gasteiger partial charge in [-0.15, -0.1) is 0 Å². The number of pyridine rings is 1. The fourth-order valence-corrected chi connectivity index (χ4v) is 1.30. The molecule has 0 aliphatic heterocycles. The summed E-state index contributed by atoms with van der Waals surface area (Å²) < 4.78 is 4.79. The summed E-state index contributed by atoms with van der Waals surface area (Å²) in [4.78, 5) is 28.3. The van der Waals surface area contributed by atoms with Gasteiger partial charge in [-0.1, -0.05) is 0 Å². The van der Waals surface area contributed by atoms with E-state index in [-0.39, 0.29) is 18.3 Å². The topological polar surface area (TPSA) is 59.5 Å². The normalized spacial score (nSPS) is 9.76. The second-order valence-electron chi connectivity index (χ2n) is 3.52. The van der Waals surface area contributed by atoms with E-state index in [0.717, 1.165) is 0 Å². The fourth-order valence-electron chi connectivity index (χ4n) is 1.30. The lowest BCUT2D eigenvalue weighted by molar-refractivity contribution is -0.143.